The Labute approximate surface area is 140 Å². The second-order valence-electron chi connectivity index (χ2n) is 6.08. The van der Waals surface area contributed by atoms with Gasteiger partial charge in [0, 0.05) is 24.6 Å². The lowest BCUT2D eigenvalue weighted by atomic mass is 10.1. The zero-order valence-electron chi connectivity index (χ0n) is 15.0. The molecule has 0 fully saturated rings. The molecule has 0 bridgehead atoms. The van der Waals surface area contributed by atoms with E-state index in [-0.39, 0.29) is 5.97 Å². The van der Waals surface area contributed by atoms with Gasteiger partial charge in [0.2, 0.25) is 0 Å². The van der Waals surface area contributed by atoms with Crippen LogP contribution in [0.3, 0.4) is 0 Å². The van der Waals surface area contributed by atoms with Crippen molar-refractivity contribution < 1.29 is 14.3 Å². The van der Waals surface area contributed by atoms with Gasteiger partial charge in [-0.1, -0.05) is 18.2 Å². The number of carbonyl (C=O) groups excluding carboxylic acids is 1. The van der Waals surface area contributed by atoms with E-state index in [0.717, 1.165) is 31.6 Å². The van der Waals surface area contributed by atoms with E-state index < -0.39 is 0 Å². The molecule has 0 amide bonds. The van der Waals surface area contributed by atoms with E-state index in [1.54, 1.807) is 0 Å². The van der Waals surface area contributed by atoms with Gasteiger partial charge in [0.05, 0.1) is 13.2 Å². The Bertz CT molecular complexity index is 460. The van der Waals surface area contributed by atoms with Crippen molar-refractivity contribution in [2.45, 2.75) is 59.0 Å². The fraction of sp³-hybridized carbons (Fsp3) is 0.632. The van der Waals surface area contributed by atoms with Crippen LogP contribution in [0.1, 0.15) is 52.0 Å². The minimum Gasteiger partial charge on any atom is -0.493 e. The van der Waals surface area contributed by atoms with Gasteiger partial charge in [-0.15, -0.1) is 0 Å². The van der Waals surface area contributed by atoms with Crippen LogP contribution in [0.4, 0.5) is 0 Å². The van der Waals surface area contributed by atoms with Gasteiger partial charge in [-0.2, -0.15) is 0 Å². The summed E-state index contributed by atoms with van der Waals surface area (Å²) in [6.45, 7) is 8.24. The first-order valence-corrected chi connectivity index (χ1v) is 8.61. The molecule has 0 aliphatic carbocycles. The van der Waals surface area contributed by atoms with Crippen molar-refractivity contribution in [3.05, 3.63) is 29.8 Å². The molecule has 0 radical (unpaired) electrons. The molecular formula is C19H31NO3. The van der Waals surface area contributed by atoms with Gasteiger partial charge in [0.25, 0.3) is 0 Å². The predicted octanol–water partition coefficient (Wildman–Crippen LogP) is 4.03. The van der Waals surface area contributed by atoms with Crippen LogP contribution in [-0.2, 0) is 16.1 Å². The fourth-order valence-electron chi connectivity index (χ4n) is 2.19. The first-order chi connectivity index (χ1) is 11.0. The SMILES string of the molecule is CCOC(=O)CCCCCOc1ccccc1CN(C)C(C)C. The third-order valence-electron chi connectivity index (χ3n) is 3.86. The van der Waals surface area contributed by atoms with Crippen LogP contribution >= 0.6 is 0 Å². The molecule has 1 aromatic rings. The van der Waals surface area contributed by atoms with Crippen LogP contribution in [0.25, 0.3) is 0 Å². The van der Waals surface area contributed by atoms with Crippen molar-refractivity contribution >= 4 is 5.97 Å². The minimum atomic E-state index is -0.101. The third kappa shape index (κ3) is 8.03. The maximum Gasteiger partial charge on any atom is 0.305 e. The Morgan fingerprint density at radius 2 is 1.91 bits per heavy atom. The summed E-state index contributed by atoms with van der Waals surface area (Å²) in [6, 6.07) is 8.72. The number of hydrogen-bond acceptors (Lipinski definition) is 4. The molecule has 1 aromatic carbocycles. The zero-order valence-corrected chi connectivity index (χ0v) is 15.0. The second-order valence-corrected chi connectivity index (χ2v) is 6.08. The molecule has 0 spiro atoms. The highest BCUT2D eigenvalue weighted by atomic mass is 16.5. The summed E-state index contributed by atoms with van der Waals surface area (Å²) in [4.78, 5) is 13.5. The van der Waals surface area contributed by atoms with Crippen LogP contribution in [-0.4, -0.2) is 37.2 Å². The van der Waals surface area contributed by atoms with E-state index in [2.05, 4.69) is 37.9 Å². The van der Waals surface area contributed by atoms with Gasteiger partial charge in [-0.05, 0) is 53.1 Å². The number of esters is 1. The first kappa shape index (κ1) is 19.5. The lowest BCUT2D eigenvalue weighted by molar-refractivity contribution is -0.143. The Morgan fingerprint density at radius 1 is 1.17 bits per heavy atom. The van der Waals surface area contributed by atoms with Crippen LogP contribution < -0.4 is 4.74 Å². The van der Waals surface area contributed by atoms with Crippen molar-refractivity contribution in [1.82, 2.24) is 4.90 Å². The number of nitrogens with zero attached hydrogens (tertiary/aromatic N) is 1. The van der Waals surface area contributed by atoms with Gasteiger partial charge >= 0.3 is 5.97 Å². The summed E-state index contributed by atoms with van der Waals surface area (Å²) >= 11 is 0. The molecule has 0 unspecified atom stereocenters. The highest BCUT2D eigenvalue weighted by molar-refractivity contribution is 5.69. The van der Waals surface area contributed by atoms with Crippen molar-refractivity contribution in [3.8, 4) is 5.75 Å². The normalized spacial score (nSPS) is 11.0. The first-order valence-electron chi connectivity index (χ1n) is 8.61. The van der Waals surface area contributed by atoms with Gasteiger partial charge in [0.1, 0.15) is 5.75 Å². The second kappa shape index (κ2) is 11.1. The summed E-state index contributed by atoms with van der Waals surface area (Å²) in [5.41, 5.74) is 1.22. The number of rotatable bonds is 11. The number of ether oxygens (including phenoxy) is 2. The molecule has 0 aliphatic rings. The van der Waals surface area contributed by atoms with E-state index >= 15 is 0 Å². The summed E-state index contributed by atoms with van der Waals surface area (Å²) in [7, 11) is 2.12. The maximum absolute atomic E-state index is 11.2. The van der Waals surface area contributed by atoms with Crippen LogP contribution in [0, 0.1) is 0 Å². The van der Waals surface area contributed by atoms with Gasteiger partial charge < -0.3 is 9.47 Å². The van der Waals surface area contributed by atoms with Crippen molar-refractivity contribution in [1.29, 1.82) is 0 Å². The molecule has 0 aromatic heterocycles. The van der Waals surface area contributed by atoms with Gasteiger partial charge in [0.15, 0.2) is 0 Å². The molecule has 23 heavy (non-hydrogen) atoms. The van der Waals surface area contributed by atoms with E-state index in [1.807, 2.05) is 19.1 Å². The lowest BCUT2D eigenvalue weighted by Gasteiger charge is -2.22. The molecule has 1 rings (SSSR count). The average Bonchev–Trinajstić information content (AvgIpc) is 2.52. The Kier molecular flexibility index (Phi) is 9.37. The number of para-hydroxylation sites is 1. The molecular weight excluding hydrogens is 290 g/mol. The highest BCUT2D eigenvalue weighted by Gasteiger charge is 2.09. The number of unbranched alkanes of at least 4 members (excludes halogenated alkanes) is 2. The molecule has 0 atom stereocenters. The maximum atomic E-state index is 11.2. The standard InChI is InChI=1S/C19H31NO3/c1-5-22-19(21)13-7-6-10-14-23-18-12-9-8-11-17(18)15-20(4)16(2)3/h8-9,11-12,16H,5-7,10,13-15H2,1-4H3. The Morgan fingerprint density at radius 3 is 2.61 bits per heavy atom. The van der Waals surface area contributed by atoms with Crippen molar-refractivity contribution in [2.24, 2.45) is 0 Å². The summed E-state index contributed by atoms with van der Waals surface area (Å²) in [5, 5.41) is 0. The summed E-state index contributed by atoms with van der Waals surface area (Å²) < 4.78 is 10.8. The summed E-state index contributed by atoms with van der Waals surface area (Å²) in [5.74, 6) is 0.862. The molecule has 0 aliphatic heterocycles. The lowest BCUT2D eigenvalue weighted by Crippen LogP contribution is -2.25. The quantitative estimate of drug-likeness (QED) is 0.456. The number of carbonyl (C=O) groups is 1. The minimum absolute atomic E-state index is 0.101. The van der Waals surface area contributed by atoms with Gasteiger partial charge in [-0.25, -0.2) is 0 Å². The molecule has 0 heterocycles. The van der Waals surface area contributed by atoms with E-state index in [9.17, 15) is 4.79 Å². The number of hydrogen-bond donors (Lipinski definition) is 0. The summed E-state index contributed by atoms with van der Waals surface area (Å²) in [6.07, 6.45) is 3.30. The van der Waals surface area contributed by atoms with E-state index in [0.29, 0.717) is 25.7 Å². The molecule has 0 saturated carbocycles. The Balaban J connectivity index is 2.31. The van der Waals surface area contributed by atoms with Crippen LogP contribution in [0.2, 0.25) is 0 Å². The van der Waals surface area contributed by atoms with E-state index in [1.165, 1.54) is 5.56 Å². The largest absolute Gasteiger partial charge is 0.493 e. The molecule has 130 valence electrons. The molecule has 0 N–H and O–H groups in total. The zero-order chi connectivity index (χ0) is 17.1. The van der Waals surface area contributed by atoms with Crippen LogP contribution in [0.5, 0.6) is 5.75 Å². The van der Waals surface area contributed by atoms with Gasteiger partial charge in [-0.3, -0.25) is 9.69 Å². The third-order valence-corrected chi connectivity index (χ3v) is 3.86. The molecule has 0 saturated heterocycles. The van der Waals surface area contributed by atoms with Crippen molar-refractivity contribution in [3.63, 3.8) is 0 Å². The fourth-order valence-corrected chi connectivity index (χ4v) is 2.19. The molecule has 4 heteroatoms. The van der Waals surface area contributed by atoms with E-state index in [4.69, 9.17) is 9.47 Å². The topological polar surface area (TPSA) is 38.8 Å². The monoisotopic (exact) mass is 321 g/mol. The number of benzene rings is 1. The Hall–Kier alpha value is -1.55. The molecule has 4 nitrogen and oxygen atoms in total. The smallest absolute Gasteiger partial charge is 0.305 e. The average molecular weight is 321 g/mol. The predicted molar refractivity (Wildman–Crippen MR) is 93.6 cm³/mol. The highest BCUT2D eigenvalue weighted by Crippen LogP contribution is 2.20. The van der Waals surface area contributed by atoms with Crippen LogP contribution in [0.15, 0.2) is 24.3 Å². The van der Waals surface area contributed by atoms with Crippen molar-refractivity contribution in [2.75, 3.05) is 20.3 Å².